The van der Waals surface area contributed by atoms with Gasteiger partial charge in [0.1, 0.15) is 0 Å². The highest BCUT2D eigenvalue weighted by Crippen LogP contribution is 2.13. The van der Waals surface area contributed by atoms with Crippen LogP contribution in [-0.2, 0) is 28.5 Å². The van der Waals surface area contributed by atoms with Crippen molar-refractivity contribution in [2.24, 2.45) is 0 Å². The Hall–Kier alpha value is -1.74. The van der Waals surface area contributed by atoms with Crippen molar-refractivity contribution in [3.63, 3.8) is 0 Å². The van der Waals surface area contributed by atoms with Crippen molar-refractivity contribution < 1.29 is 33.6 Å². The number of aliphatic hydroxyl groups is 1. The number of rotatable bonds is 44. The van der Waals surface area contributed by atoms with Gasteiger partial charge in [0.05, 0.1) is 19.8 Å². The molecule has 0 atom stereocenters. The van der Waals surface area contributed by atoms with Crippen LogP contribution < -0.4 is 0 Å². The van der Waals surface area contributed by atoms with Crippen molar-refractivity contribution in [3.8, 4) is 0 Å². The van der Waals surface area contributed by atoms with E-state index in [2.05, 4.69) is 50.0 Å². The summed E-state index contributed by atoms with van der Waals surface area (Å²) in [6, 6.07) is 0. The maximum atomic E-state index is 12.4. The normalized spacial score (nSPS) is 11.9. The third-order valence-electron chi connectivity index (χ3n) is 9.93. The van der Waals surface area contributed by atoms with Crippen LogP contribution in [0.3, 0.4) is 0 Å². The predicted molar refractivity (Wildman–Crippen MR) is 230 cm³/mol. The van der Waals surface area contributed by atoms with Crippen LogP contribution in [0, 0.1) is 0 Å². The maximum Gasteiger partial charge on any atom is 0.305 e. The molecule has 0 spiro atoms. The second kappa shape index (κ2) is 45.0. The van der Waals surface area contributed by atoms with E-state index < -0.39 is 0 Å². The van der Waals surface area contributed by atoms with E-state index in [0.717, 1.165) is 148 Å². The Morgan fingerprint density at radius 2 is 0.927 bits per heavy atom. The fourth-order valence-corrected chi connectivity index (χ4v) is 6.51. The largest absolute Gasteiger partial charge is 0.466 e. The van der Waals surface area contributed by atoms with Gasteiger partial charge in [0.2, 0.25) is 0 Å². The van der Waals surface area contributed by atoms with Crippen LogP contribution >= 0.6 is 0 Å². The van der Waals surface area contributed by atoms with E-state index in [1.54, 1.807) is 0 Å². The standard InChI is InChI=1S/C47H89NO7/c1-4-7-10-13-16-24-29-41-52-45(50)34-26-19-17-20-27-37-48(39-40-49)38-28-21-18-25-30-42-53-46(51)35-33-36-47(54-43-31-22-14-11-8-5-2)55-44-32-23-15-12-9-6-3/h8-9,11-12,47,49H,4-7,10,13-44H2,1-3H3/b11-8-,12-9-. The molecule has 0 aromatic heterocycles. The van der Waals surface area contributed by atoms with Crippen LogP contribution in [0.5, 0.6) is 0 Å². The fourth-order valence-electron chi connectivity index (χ4n) is 6.51. The summed E-state index contributed by atoms with van der Waals surface area (Å²) in [6.45, 7) is 12.0. The van der Waals surface area contributed by atoms with Crippen molar-refractivity contribution in [1.29, 1.82) is 0 Å². The van der Waals surface area contributed by atoms with Gasteiger partial charge in [-0.3, -0.25) is 9.59 Å². The van der Waals surface area contributed by atoms with Crippen molar-refractivity contribution in [1.82, 2.24) is 4.90 Å². The zero-order chi connectivity index (χ0) is 40.1. The molecule has 0 aliphatic heterocycles. The van der Waals surface area contributed by atoms with E-state index in [0.29, 0.717) is 52.1 Å². The van der Waals surface area contributed by atoms with Crippen molar-refractivity contribution in [3.05, 3.63) is 24.3 Å². The molecule has 55 heavy (non-hydrogen) atoms. The van der Waals surface area contributed by atoms with Gasteiger partial charge in [-0.05, 0) is 109 Å². The van der Waals surface area contributed by atoms with E-state index in [4.69, 9.17) is 18.9 Å². The molecule has 0 fully saturated rings. The summed E-state index contributed by atoms with van der Waals surface area (Å²) in [7, 11) is 0. The van der Waals surface area contributed by atoms with Gasteiger partial charge in [-0.15, -0.1) is 0 Å². The summed E-state index contributed by atoms with van der Waals surface area (Å²) in [4.78, 5) is 26.7. The Bertz CT molecular complexity index is 840. The number of hydrogen-bond acceptors (Lipinski definition) is 8. The number of carbonyl (C=O) groups excluding carboxylic acids is 2. The molecule has 0 bridgehead atoms. The SMILES string of the molecule is CC/C=C\CCCCOC(CCCC(=O)OCCCCCCCN(CCO)CCCCCCCC(=O)OCCCCCCCCC)OCCCC/C=C\CC. The highest BCUT2D eigenvalue weighted by atomic mass is 16.7. The number of nitrogens with zero attached hydrogens (tertiary/aromatic N) is 1. The molecule has 0 aliphatic rings. The molecule has 0 radical (unpaired) electrons. The number of hydrogen-bond donors (Lipinski definition) is 1. The van der Waals surface area contributed by atoms with Gasteiger partial charge in [0, 0.05) is 32.6 Å². The van der Waals surface area contributed by atoms with Crippen LogP contribution in [-0.4, -0.2) is 80.9 Å². The molecule has 1 N–H and O–H groups in total. The Labute approximate surface area is 339 Å². The lowest BCUT2D eigenvalue weighted by atomic mass is 10.1. The van der Waals surface area contributed by atoms with Crippen LogP contribution in [0.2, 0.25) is 0 Å². The van der Waals surface area contributed by atoms with E-state index in [-0.39, 0.29) is 24.8 Å². The Morgan fingerprint density at radius 3 is 1.42 bits per heavy atom. The lowest BCUT2D eigenvalue weighted by Gasteiger charge is -2.21. The van der Waals surface area contributed by atoms with Crippen LogP contribution in [0.1, 0.15) is 207 Å². The third kappa shape index (κ3) is 41.7. The van der Waals surface area contributed by atoms with Crippen LogP contribution in [0.4, 0.5) is 0 Å². The average Bonchev–Trinajstić information content (AvgIpc) is 3.18. The molecule has 8 nitrogen and oxygen atoms in total. The lowest BCUT2D eigenvalue weighted by molar-refractivity contribution is -0.152. The van der Waals surface area contributed by atoms with Gasteiger partial charge in [-0.25, -0.2) is 0 Å². The predicted octanol–water partition coefficient (Wildman–Crippen LogP) is 12.2. The average molecular weight is 780 g/mol. The highest BCUT2D eigenvalue weighted by molar-refractivity contribution is 5.69. The summed E-state index contributed by atoms with van der Waals surface area (Å²) >= 11 is 0. The Morgan fingerprint density at radius 1 is 0.491 bits per heavy atom. The third-order valence-corrected chi connectivity index (χ3v) is 9.93. The van der Waals surface area contributed by atoms with Crippen LogP contribution in [0.25, 0.3) is 0 Å². The first-order valence-corrected chi connectivity index (χ1v) is 23.2. The molecule has 0 saturated carbocycles. The van der Waals surface area contributed by atoms with Gasteiger partial charge >= 0.3 is 11.9 Å². The molecule has 8 heteroatoms. The van der Waals surface area contributed by atoms with Gasteiger partial charge in [0.25, 0.3) is 0 Å². The molecule has 0 heterocycles. The zero-order valence-corrected chi connectivity index (χ0v) is 36.4. The zero-order valence-electron chi connectivity index (χ0n) is 36.4. The maximum absolute atomic E-state index is 12.4. The molecule has 0 rings (SSSR count). The molecule has 0 saturated heterocycles. The molecule has 0 aromatic rings. The van der Waals surface area contributed by atoms with Gasteiger partial charge in [-0.1, -0.05) is 122 Å². The number of allylic oxidation sites excluding steroid dienone is 4. The first-order valence-electron chi connectivity index (χ1n) is 23.2. The minimum absolute atomic E-state index is 0.0396. The number of aliphatic hydroxyl groups excluding tert-OH is 1. The molecular weight excluding hydrogens is 691 g/mol. The highest BCUT2D eigenvalue weighted by Gasteiger charge is 2.12. The van der Waals surface area contributed by atoms with Gasteiger partial charge in [0.15, 0.2) is 6.29 Å². The van der Waals surface area contributed by atoms with E-state index in [1.165, 1.54) is 32.1 Å². The van der Waals surface area contributed by atoms with Crippen molar-refractivity contribution in [2.75, 3.05) is 52.7 Å². The lowest BCUT2D eigenvalue weighted by Crippen LogP contribution is -2.29. The minimum atomic E-state index is -0.253. The quantitative estimate of drug-likeness (QED) is 0.0283. The number of unbranched alkanes of at least 4 members (excludes halogenated alkanes) is 18. The minimum Gasteiger partial charge on any atom is -0.466 e. The first kappa shape index (κ1) is 53.3. The number of carbonyl (C=O) groups is 2. The second-order valence-electron chi connectivity index (χ2n) is 15.2. The molecule has 324 valence electrons. The van der Waals surface area contributed by atoms with Crippen molar-refractivity contribution >= 4 is 11.9 Å². The van der Waals surface area contributed by atoms with E-state index >= 15 is 0 Å². The van der Waals surface area contributed by atoms with Gasteiger partial charge in [-0.2, -0.15) is 0 Å². The molecule has 0 aromatic carbocycles. The first-order chi connectivity index (χ1) is 27.1. The molecule has 0 amide bonds. The fraction of sp³-hybridized carbons (Fsp3) is 0.872. The van der Waals surface area contributed by atoms with Crippen molar-refractivity contribution in [2.45, 2.75) is 213 Å². The molecular formula is C47H89NO7. The topological polar surface area (TPSA) is 94.5 Å². The van der Waals surface area contributed by atoms with Gasteiger partial charge < -0.3 is 29.0 Å². The summed E-state index contributed by atoms with van der Waals surface area (Å²) in [6.07, 6.45) is 39.0. The summed E-state index contributed by atoms with van der Waals surface area (Å²) in [5.41, 5.74) is 0. The van der Waals surface area contributed by atoms with E-state index in [9.17, 15) is 14.7 Å². The Balaban J connectivity index is 3.92. The monoisotopic (exact) mass is 780 g/mol. The summed E-state index contributed by atoms with van der Waals surface area (Å²) in [5, 5.41) is 9.53. The van der Waals surface area contributed by atoms with E-state index in [1.807, 2.05) is 0 Å². The molecule has 0 unspecified atom stereocenters. The smallest absolute Gasteiger partial charge is 0.305 e. The summed E-state index contributed by atoms with van der Waals surface area (Å²) < 4.78 is 23.1. The number of esters is 2. The number of ether oxygens (including phenoxy) is 4. The second-order valence-corrected chi connectivity index (χ2v) is 15.2. The molecule has 0 aliphatic carbocycles. The summed E-state index contributed by atoms with van der Waals surface area (Å²) in [5.74, 6) is -0.164. The Kier molecular flexibility index (Phi) is 43.5. The van der Waals surface area contributed by atoms with Crippen LogP contribution in [0.15, 0.2) is 24.3 Å².